The molecule has 0 bridgehead atoms. The summed E-state index contributed by atoms with van der Waals surface area (Å²) in [5.74, 6) is 6.94. The Morgan fingerprint density at radius 2 is 2.16 bits per heavy atom. The summed E-state index contributed by atoms with van der Waals surface area (Å²) in [6.07, 6.45) is 8.39. The number of likely N-dealkylation sites (tertiary alicyclic amines) is 1. The Bertz CT molecular complexity index is 396. The average Bonchev–Trinajstić information content (AvgIpc) is 3.07. The standard InChI is InChI=1S/C14H27N5/c1-4-14(2,19-8-5-6-9-19)12(17-15)11-13-16-7-10-18(13)3/h7,10,12,17H,4-6,8-9,11,15H2,1-3H3. The van der Waals surface area contributed by atoms with Gasteiger partial charge in [-0.05, 0) is 39.3 Å². The molecule has 0 aliphatic carbocycles. The molecule has 3 N–H and O–H groups in total. The van der Waals surface area contributed by atoms with E-state index in [2.05, 4.69) is 33.7 Å². The number of imidazole rings is 1. The Kier molecular flexibility index (Phi) is 4.60. The van der Waals surface area contributed by atoms with Crippen LogP contribution in [0.1, 0.15) is 38.9 Å². The maximum Gasteiger partial charge on any atom is 0.110 e. The third kappa shape index (κ3) is 2.83. The molecule has 2 atom stereocenters. The molecule has 1 saturated heterocycles. The number of nitrogens with one attached hydrogen (secondary N) is 1. The molecule has 0 saturated carbocycles. The molecule has 5 nitrogen and oxygen atoms in total. The van der Waals surface area contributed by atoms with Gasteiger partial charge in [0, 0.05) is 37.4 Å². The summed E-state index contributed by atoms with van der Waals surface area (Å²) in [4.78, 5) is 7.01. The van der Waals surface area contributed by atoms with E-state index in [1.807, 2.05) is 19.4 Å². The van der Waals surface area contributed by atoms with E-state index in [-0.39, 0.29) is 11.6 Å². The van der Waals surface area contributed by atoms with Crippen LogP contribution in [0.4, 0.5) is 0 Å². The minimum absolute atomic E-state index is 0.0944. The van der Waals surface area contributed by atoms with Crippen LogP contribution >= 0.6 is 0 Å². The number of hydrogen-bond acceptors (Lipinski definition) is 4. The molecule has 1 fully saturated rings. The highest BCUT2D eigenvalue weighted by molar-refractivity contribution is 5.03. The molecule has 0 spiro atoms. The van der Waals surface area contributed by atoms with Gasteiger partial charge in [-0.2, -0.15) is 0 Å². The lowest BCUT2D eigenvalue weighted by molar-refractivity contribution is 0.0830. The molecule has 2 heterocycles. The first-order chi connectivity index (χ1) is 9.11. The smallest absolute Gasteiger partial charge is 0.110 e. The van der Waals surface area contributed by atoms with Gasteiger partial charge in [-0.15, -0.1) is 0 Å². The van der Waals surface area contributed by atoms with E-state index in [4.69, 9.17) is 5.84 Å². The number of aromatic nitrogens is 2. The number of nitrogens with zero attached hydrogens (tertiary/aromatic N) is 3. The Hall–Kier alpha value is -0.910. The van der Waals surface area contributed by atoms with Crippen LogP contribution in [-0.2, 0) is 13.5 Å². The Balaban J connectivity index is 2.15. The predicted octanol–water partition coefficient (Wildman–Crippen LogP) is 1.06. The zero-order chi connectivity index (χ0) is 13.9. The second-order valence-corrected chi connectivity index (χ2v) is 5.78. The van der Waals surface area contributed by atoms with Crippen molar-refractivity contribution in [2.45, 2.75) is 51.1 Å². The van der Waals surface area contributed by atoms with Crippen molar-refractivity contribution in [2.75, 3.05) is 13.1 Å². The second kappa shape index (κ2) is 6.03. The third-order valence-corrected chi connectivity index (χ3v) is 4.80. The zero-order valence-corrected chi connectivity index (χ0v) is 12.4. The monoisotopic (exact) mass is 265 g/mol. The van der Waals surface area contributed by atoms with E-state index in [9.17, 15) is 0 Å². The fourth-order valence-electron chi connectivity index (χ4n) is 3.15. The van der Waals surface area contributed by atoms with Crippen LogP contribution < -0.4 is 11.3 Å². The molecule has 2 unspecified atom stereocenters. The largest absolute Gasteiger partial charge is 0.338 e. The number of aryl methyl sites for hydroxylation is 1. The normalized spacial score (nSPS) is 21.5. The maximum atomic E-state index is 5.86. The van der Waals surface area contributed by atoms with E-state index >= 15 is 0 Å². The lowest BCUT2D eigenvalue weighted by atomic mass is 9.85. The van der Waals surface area contributed by atoms with Crippen LogP contribution in [0.5, 0.6) is 0 Å². The Morgan fingerprint density at radius 3 is 2.63 bits per heavy atom. The average molecular weight is 265 g/mol. The Morgan fingerprint density at radius 1 is 1.47 bits per heavy atom. The molecule has 2 rings (SSSR count). The van der Waals surface area contributed by atoms with Crippen LogP contribution in [0.3, 0.4) is 0 Å². The van der Waals surface area contributed by atoms with Crippen molar-refractivity contribution in [2.24, 2.45) is 12.9 Å². The third-order valence-electron chi connectivity index (χ3n) is 4.80. The lowest BCUT2D eigenvalue weighted by Gasteiger charge is -2.44. The number of hydrogen-bond donors (Lipinski definition) is 2. The van der Waals surface area contributed by atoms with Crippen molar-refractivity contribution in [1.29, 1.82) is 0 Å². The molecule has 1 aliphatic rings. The van der Waals surface area contributed by atoms with Gasteiger partial charge in [-0.3, -0.25) is 16.2 Å². The lowest BCUT2D eigenvalue weighted by Crippen LogP contribution is -2.61. The molecular formula is C14H27N5. The van der Waals surface area contributed by atoms with Crippen molar-refractivity contribution in [3.8, 4) is 0 Å². The van der Waals surface area contributed by atoms with E-state index in [1.54, 1.807) is 0 Å². The first-order valence-electron chi connectivity index (χ1n) is 7.29. The minimum Gasteiger partial charge on any atom is -0.338 e. The summed E-state index contributed by atoms with van der Waals surface area (Å²) in [6.45, 7) is 6.94. The molecule has 0 aromatic carbocycles. The fourth-order valence-corrected chi connectivity index (χ4v) is 3.15. The molecule has 108 valence electrons. The van der Waals surface area contributed by atoms with Crippen molar-refractivity contribution < 1.29 is 0 Å². The van der Waals surface area contributed by atoms with Crippen molar-refractivity contribution in [3.63, 3.8) is 0 Å². The van der Waals surface area contributed by atoms with Crippen molar-refractivity contribution in [1.82, 2.24) is 19.9 Å². The number of hydrazine groups is 1. The quantitative estimate of drug-likeness (QED) is 0.596. The van der Waals surface area contributed by atoms with Gasteiger partial charge >= 0.3 is 0 Å². The highest BCUT2D eigenvalue weighted by Gasteiger charge is 2.39. The van der Waals surface area contributed by atoms with Gasteiger partial charge in [0.2, 0.25) is 0 Å². The predicted molar refractivity (Wildman–Crippen MR) is 77.5 cm³/mol. The molecule has 1 aromatic rings. The highest BCUT2D eigenvalue weighted by Crippen LogP contribution is 2.29. The van der Waals surface area contributed by atoms with Gasteiger partial charge in [-0.25, -0.2) is 4.98 Å². The van der Waals surface area contributed by atoms with E-state index < -0.39 is 0 Å². The summed E-state index contributed by atoms with van der Waals surface area (Å²) in [5.41, 5.74) is 3.14. The van der Waals surface area contributed by atoms with Crippen LogP contribution in [0, 0.1) is 0 Å². The molecule has 1 aliphatic heterocycles. The summed E-state index contributed by atoms with van der Waals surface area (Å²) in [6, 6.07) is 0.219. The van der Waals surface area contributed by atoms with Crippen molar-refractivity contribution in [3.05, 3.63) is 18.2 Å². The molecule has 1 aromatic heterocycles. The van der Waals surface area contributed by atoms with E-state index in [1.165, 1.54) is 25.9 Å². The molecule has 0 radical (unpaired) electrons. The highest BCUT2D eigenvalue weighted by atomic mass is 15.3. The summed E-state index contributed by atoms with van der Waals surface area (Å²) < 4.78 is 2.07. The summed E-state index contributed by atoms with van der Waals surface area (Å²) in [7, 11) is 2.04. The van der Waals surface area contributed by atoms with E-state index in [0.29, 0.717) is 0 Å². The van der Waals surface area contributed by atoms with Gasteiger partial charge in [0.1, 0.15) is 5.82 Å². The maximum absolute atomic E-state index is 5.86. The molecule has 5 heteroatoms. The fraction of sp³-hybridized carbons (Fsp3) is 0.786. The first kappa shape index (κ1) is 14.5. The van der Waals surface area contributed by atoms with Crippen molar-refractivity contribution >= 4 is 0 Å². The van der Waals surface area contributed by atoms with Gasteiger partial charge in [0.15, 0.2) is 0 Å². The summed E-state index contributed by atoms with van der Waals surface area (Å²) >= 11 is 0. The molecule has 19 heavy (non-hydrogen) atoms. The SMILES string of the molecule is CCC(C)(C(Cc1nccn1C)NN)N1CCCC1. The minimum atomic E-state index is 0.0944. The van der Waals surface area contributed by atoms with E-state index in [0.717, 1.165) is 18.7 Å². The number of nitrogens with two attached hydrogens (primary N) is 1. The second-order valence-electron chi connectivity index (χ2n) is 5.78. The van der Waals surface area contributed by atoms with Crippen LogP contribution in [0.2, 0.25) is 0 Å². The van der Waals surface area contributed by atoms with Crippen LogP contribution in [0.25, 0.3) is 0 Å². The van der Waals surface area contributed by atoms with Crippen LogP contribution in [0.15, 0.2) is 12.4 Å². The van der Waals surface area contributed by atoms with Gasteiger partial charge < -0.3 is 4.57 Å². The first-order valence-corrected chi connectivity index (χ1v) is 7.29. The Labute approximate surface area is 116 Å². The zero-order valence-electron chi connectivity index (χ0n) is 12.4. The molecule has 0 amide bonds. The van der Waals surface area contributed by atoms with Gasteiger partial charge in [0.25, 0.3) is 0 Å². The summed E-state index contributed by atoms with van der Waals surface area (Å²) in [5, 5.41) is 0. The van der Waals surface area contributed by atoms with Crippen LogP contribution in [-0.4, -0.2) is 39.1 Å². The molecular weight excluding hydrogens is 238 g/mol. The van der Waals surface area contributed by atoms with Gasteiger partial charge in [-0.1, -0.05) is 6.92 Å². The number of rotatable bonds is 6. The topological polar surface area (TPSA) is 59.1 Å². The van der Waals surface area contributed by atoms with Gasteiger partial charge in [0.05, 0.1) is 0 Å².